The first kappa shape index (κ1) is 16.5. The fourth-order valence-corrected chi connectivity index (χ4v) is 3.84. The molecule has 126 valence electrons. The molecule has 0 spiro atoms. The lowest BCUT2D eigenvalue weighted by molar-refractivity contribution is 0.598. The predicted molar refractivity (Wildman–Crippen MR) is 97.6 cm³/mol. The first-order chi connectivity index (χ1) is 11.6. The van der Waals surface area contributed by atoms with Crippen LogP contribution in [0.3, 0.4) is 0 Å². The molecular weight excluding hydrogens is 322 g/mol. The highest BCUT2D eigenvalue weighted by atomic mass is 32.2. The standard InChI is InChI=1S/C18H21N3O2S/c1-2-3-11-24(22,23)20-17-10-9-16-13-19-21(18(16)12-17)14-15-7-5-4-6-8-15/h4-10,12-13,20H,2-3,11,14H2,1H3. The van der Waals surface area contributed by atoms with E-state index in [4.69, 9.17) is 0 Å². The van der Waals surface area contributed by atoms with Crippen LogP contribution in [-0.2, 0) is 16.6 Å². The van der Waals surface area contributed by atoms with E-state index in [2.05, 4.69) is 9.82 Å². The molecule has 0 aliphatic rings. The fraction of sp³-hybridized carbons (Fsp3) is 0.278. The Bertz CT molecular complexity index is 918. The Morgan fingerprint density at radius 1 is 1.12 bits per heavy atom. The highest BCUT2D eigenvalue weighted by Gasteiger charge is 2.11. The molecule has 1 heterocycles. The highest BCUT2D eigenvalue weighted by Crippen LogP contribution is 2.21. The van der Waals surface area contributed by atoms with Gasteiger partial charge in [-0.2, -0.15) is 5.10 Å². The van der Waals surface area contributed by atoms with Crippen LogP contribution in [0.2, 0.25) is 0 Å². The third-order valence-electron chi connectivity index (χ3n) is 3.86. The predicted octanol–water partition coefficient (Wildman–Crippen LogP) is 3.63. The molecule has 0 bridgehead atoms. The number of hydrogen-bond acceptors (Lipinski definition) is 3. The molecule has 0 saturated carbocycles. The molecule has 2 aromatic carbocycles. The average molecular weight is 343 g/mol. The van der Waals surface area contributed by atoms with E-state index in [1.54, 1.807) is 12.3 Å². The number of fused-ring (bicyclic) bond motifs is 1. The van der Waals surface area contributed by atoms with Crippen molar-refractivity contribution in [3.8, 4) is 0 Å². The van der Waals surface area contributed by atoms with Crippen LogP contribution in [-0.4, -0.2) is 24.0 Å². The molecule has 0 aliphatic carbocycles. The number of aromatic nitrogens is 2. The normalized spacial score (nSPS) is 11.7. The van der Waals surface area contributed by atoms with Crippen LogP contribution in [0.15, 0.2) is 54.7 Å². The van der Waals surface area contributed by atoms with Crippen molar-refractivity contribution in [1.29, 1.82) is 0 Å². The highest BCUT2D eigenvalue weighted by molar-refractivity contribution is 7.92. The van der Waals surface area contributed by atoms with Gasteiger partial charge in [0.15, 0.2) is 0 Å². The van der Waals surface area contributed by atoms with E-state index >= 15 is 0 Å². The number of anilines is 1. The lowest BCUT2D eigenvalue weighted by Crippen LogP contribution is -2.16. The minimum Gasteiger partial charge on any atom is -0.283 e. The molecule has 0 aliphatic heterocycles. The zero-order valence-electron chi connectivity index (χ0n) is 13.6. The van der Waals surface area contributed by atoms with Crippen molar-refractivity contribution in [2.24, 2.45) is 0 Å². The van der Waals surface area contributed by atoms with Crippen LogP contribution in [0.5, 0.6) is 0 Å². The summed E-state index contributed by atoms with van der Waals surface area (Å²) in [5.41, 5.74) is 2.64. The van der Waals surface area contributed by atoms with Crippen LogP contribution in [0.1, 0.15) is 25.3 Å². The largest absolute Gasteiger partial charge is 0.283 e. The number of nitrogens with zero attached hydrogens (tertiary/aromatic N) is 2. The minimum atomic E-state index is -3.30. The van der Waals surface area contributed by atoms with Gasteiger partial charge in [0.2, 0.25) is 10.0 Å². The fourth-order valence-electron chi connectivity index (χ4n) is 2.58. The summed E-state index contributed by atoms with van der Waals surface area (Å²) in [6, 6.07) is 15.6. The summed E-state index contributed by atoms with van der Waals surface area (Å²) in [6.45, 7) is 2.63. The number of sulfonamides is 1. The van der Waals surface area contributed by atoms with E-state index in [9.17, 15) is 8.42 Å². The Hall–Kier alpha value is -2.34. The lowest BCUT2D eigenvalue weighted by Gasteiger charge is -2.09. The van der Waals surface area contributed by atoms with Crippen LogP contribution in [0.25, 0.3) is 10.9 Å². The Morgan fingerprint density at radius 2 is 1.92 bits per heavy atom. The average Bonchev–Trinajstić information content (AvgIpc) is 2.96. The molecule has 0 amide bonds. The summed E-state index contributed by atoms with van der Waals surface area (Å²) in [5, 5.41) is 5.41. The summed E-state index contributed by atoms with van der Waals surface area (Å²) in [6.07, 6.45) is 3.31. The monoisotopic (exact) mass is 343 g/mol. The molecular formula is C18H21N3O2S. The number of hydrogen-bond donors (Lipinski definition) is 1. The molecule has 0 saturated heterocycles. The molecule has 0 unspecified atom stereocenters. The van der Waals surface area contributed by atoms with Crippen LogP contribution in [0.4, 0.5) is 5.69 Å². The number of benzene rings is 2. The molecule has 6 heteroatoms. The SMILES string of the molecule is CCCCS(=O)(=O)Nc1ccc2cnn(Cc3ccccc3)c2c1. The van der Waals surface area contributed by atoms with E-state index in [1.165, 1.54) is 0 Å². The molecule has 1 N–H and O–H groups in total. The molecule has 0 radical (unpaired) electrons. The maximum absolute atomic E-state index is 12.1. The number of unbranched alkanes of at least 4 members (excludes halogenated alkanes) is 1. The smallest absolute Gasteiger partial charge is 0.232 e. The van der Waals surface area contributed by atoms with Gasteiger partial charge in [0.1, 0.15) is 0 Å². The van der Waals surface area contributed by atoms with Crippen molar-refractivity contribution in [1.82, 2.24) is 9.78 Å². The van der Waals surface area contributed by atoms with Gasteiger partial charge in [-0.15, -0.1) is 0 Å². The van der Waals surface area contributed by atoms with E-state index in [0.29, 0.717) is 18.7 Å². The third-order valence-corrected chi connectivity index (χ3v) is 5.23. The van der Waals surface area contributed by atoms with Gasteiger partial charge < -0.3 is 0 Å². The molecule has 3 aromatic rings. The van der Waals surface area contributed by atoms with Gasteiger partial charge in [-0.05, 0) is 30.2 Å². The first-order valence-corrected chi connectivity index (χ1v) is 9.72. The summed E-state index contributed by atoms with van der Waals surface area (Å²) < 4.78 is 28.7. The number of rotatable bonds is 7. The van der Waals surface area contributed by atoms with Gasteiger partial charge in [-0.1, -0.05) is 43.7 Å². The lowest BCUT2D eigenvalue weighted by atomic mass is 10.2. The summed E-state index contributed by atoms with van der Waals surface area (Å²) in [7, 11) is -3.30. The van der Waals surface area contributed by atoms with E-state index < -0.39 is 10.0 Å². The van der Waals surface area contributed by atoms with Gasteiger partial charge in [-0.25, -0.2) is 8.42 Å². The summed E-state index contributed by atoms with van der Waals surface area (Å²) in [4.78, 5) is 0. The molecule has 24 heavy (non-hydrogen) atoms. The zero-order chi connectivity index (χ0) is 17.0. The Morgan fingerprint density at radius 3 is 2.67 bits per heavy atom. The quantitative estimate of drug-likeness (QED) is 0.712. The third kappa shape index (κ3) is 3.94. The van der Waals surface area contributed by atoms with Gasteiger partial charge in [0.25, 0.3) is 0 Å². The van der Waals surface area contributed by atoms with E-state index in [-0.39, 0.29) is 5.75 Å². The van der Waals surface area contributed by atoms with Crippen molar-refractivity contribution < 1.29 is 8.42 Å². The van der Waals surface area contributed by atoms with Crippen LogP contribution < -0.4 is 4.72 Å². The zero-order valence-corrected chi connectivity index (χ0v) is 14.5. The van der Waals surface area contributed by atoms with Crippen molar-refractivity contribution in [3.05, 3.63) is 60.3 Å². The summed E-state index contributed by atoms with van der Waals surface area (Å²) in [5.74, 6) is 0.144. The first-order valence-electron chi connectivity index (χ1n) is 8.07. The molecule has 0 fully saturated rings. The van der Waals surface area contributed by atoms with Crippen LogP contribution in [0, 0.1) is 0 Å². The molecule has 0 atom stereocenters. The van der Waals surface area contributed by atoms with Gasteiger partial charge in [0.05, 0.1) is 29.7 Å². The second-order valence-corrected chi connectivity index (χ2v) is 7.68. The molecule has 3 rings (SSSR count). The Kier molecular flexibility index (Phi) is 4.85. The van der Waals surface area contributed by atoms with Gasteiger partial charge in [-0.3, -0.25) is 9.40 Å². The maximum Gasteiger partial charge on any atom is 0.232 e. The van der Waals surface area contributed by atoms with Gasteiger partial charge >= 0.3 is 0 Å². The van der Waals surface area contributed by atoms with Crippen molar-refractivity contribution in [2.45, 2.75) is 26.3 Å². The Balaban J connectivity index is 1.86. The Labute approximate surface area is 142 Å². The van der Waals surface area contributed by atoms with E-state index in [0.717, 1.165) is 22.9 Å². The topological polar surface area (TPSA) is 64.0 Å². The number of nitrogens with one attached hydrogen (secondary N) is 1. The minimum absolute atomic E-state index is 0.144. The molecule has 5 nitrogen and oxygen atoms in total. The van der Waals surface area contributed by atoms with Crippen molar-refractivity contribution >= 4 is 26.6 Å². The molecule has 1 aromatic heterocycles. The maximum atomic E-state index is 12.1. The van der Waals surface area contributed by atoms with Gasteiger partial charge in [0, 0.05) is 5.39 Å². The second-order valence-electron chi connectivity index (χ2n) is 5.84. The van der Waals surface area contributed by atoms with Crippen LogP contribution >= 0.6 is 0 Å². The summed E-state index contributed by atoms with van der Waals surface area (Å²) >= 11 is 0. The van der Waals surface area contributed by atoms with Crippen molar-refractivity contribution in [2.75, 3.05) is 10.5 Å². The van der Waals surface area contributed by atoms with Crippen molar-refractivity contribution in [3.63, 3.8) is 0 Å². The van der Waals surface area contributed by atoms with E-state index in [1.807, 2.05) is 54.1 Å². The second kappa shape index (κ2) is 7.05.